The summed E-state index contributed by atoms with van der Waals surface area (Å²) in [6.45, 7) is 12.1. The molecular formula is C21H29F3N4O. The van der Waals surface area contributed by atoms with E-state index in [1.165, 1.54) is 10.7 Å². The first kappa shape index (κ1) is 22.9. The van der Waals surface area contributed by atoms with Crippen LogP contribution in [0, 0.1) is 13.8 Å². The van der Waals surface area contributed by atoms with Crippen molar-refractivity contribution >= 4 is 5.91 Å². The number of halogens is 3. The van der Waals surface area contributed by atoms with Gasteiger partial charge in [0.2, 0.25) is 5.91 Å². The Kier molecular flexibility index (Phi) is 7.46. The maximum atomic E-state index is 13.0. The molecule has 0 bridgehead atoms. The van der Waals surface area contributed by atoms with Crippen molar-refractivity contribution in [2.45, 2.75) is 53.3 Å². The Morgan fingerprint density at radius 1 is 1.28 bits per heavy atom. The lowest BCUT2D eigenvalue weighted by atomic mass is 10.1. The van der Waals surface area contributed by atoms with Crippen LogP contribution in [0.5, 0.6) is 0 Å². The molecule has 5 nitrogen and oxygen atoms in total. The fourth-order valence-electron chi connectivity index (χ4n) is 3.34. The first-order valence-corrected chi connectivity index (χ1v) is 9.78. The van der Waals surface area contributed by atoms with E-state index in [1.807, 2.05) is 0 Å². The van der Waals surface area contributed by atoms with Gasteiger partial charge in [-0.15, -0.1) is 0 Å². The molecule has 0 atom stereocenters. The maximum Gasteiger partial charge on any atom is 0.416 e. The molecule has 8 heteroatoms. The minimum absolute atomic E-state index is 0.125. The average molecular weight is 410 g/mol. The largest absolute Gasteiger partial charge is 0.416 e. The number of amides is 1. The Bertz CT molecular complexity index is 843. The maximum absolute atomic E-state index is 13.0. The number of benzene rings is 1. The number of aromatic nitrogens is 2. The van der Waals surface area contributed by atoms with Crippen molar-refractivity contribution in [1.82, 2.24) is 20.0 Å². The van der Waals surface area contributed by atoms with Gasteiger partial charge in [-0.2, -0.15) is 18.3 Å². The Labute approximate surface area is 169 Å². The molecule has 0 saturated carbocycles. The topological polar surface area (TPSA) is 50.2 Å². The predicted octanol–water partition coefficient (Wildman–Crippen LogP) is 3.90. The number of likely N-dealkylation sites (N-methyl/N-ethyl adjacent to an activating group) is 1. The summed E-state index contributed by atoms with van der Waals surface area (Å²) >= 11 is 0. The smallest absolute Gasteiger partial charge is 0.355 e. The number of carbonyl (C=O) groups excluding carboxylic acids is 1. The van der Waals surface area contributed by atoms with E-state index in [0.717, 1.165) is 30.8 Å². The summed E-state index contributed by atoms with van der Waals surface area (Å²) in [5.41, 5.74) is 1.62. The van der Waals surface area contributed by atoms with Crippen molar-refractivity contribution in [1.29, 1.82) is 0 Å². The van der Waals surface area contributed by atoms with E-state index >= 15 is 0 Å². The highest BCUT2D eigenvalue weighted by atomic mass is 19.4. The highest BCUT2D eigenvalue weighted by Gasteiger charge is 2.30. The van der Waals surface area contributed by atoms with Crippen LogP contribution in [0.3, 0.4) is 0 Å². The molecule has 0 aliphatic rings. The summed E-state index contributed by atoms with van der Waals surface area (Å²) in [6.07, 6.45) is -4.28. The second kappa shape index (κ2) is 9.43. The summed E-state index contributed by atoms with van der Waals surface area (Å²) in [6, 6.07) is 5.43. The lowest BCUT2D eigenvalue weighted by Crippen LogP contribution is -2.38. The van der Waals surface area contributed by atoms with Gasteiger partial charge in [0.1, 0.15) is 0 Å². The van der Waals surface area contributed by atoms with Gasteiger partial charge in [-0.05, 0) is 52.4 Å². The Morgan fingerprint density at radius 3 is 2.55 bits per heavy atom. The summed E-state index contributed by atoms with van der Waals surface area (Å²) < 4.78 is 40.5. The molecule has 0 radical (unpaired) electrons. The van der Waals surface area contributed by atoms with Crippen LogP contribution in [-0.2, 0) is 17.4 Å². The lowest BCUT2D eigenvalue weighted by Gasteiger charge is -2.24. The molecular weight excluding hydrogens is 381 g/mol. The Balaban J connectivity index is 2.11. The van der Waals surface area contributed by atoms with Crippen LogP contribution in [0.4, 0.5) is 13.2 Å². The van der Waals surface area contributed by atoms with E-state index in [9.17, 15) is 18.0 Å². The molecule has 0 fully saturated rings. The molecule has 1 heterocycles. The SMILES string of the molecule is CCN(CCNC(=O)Cc1c(C)nn(-c2cccc(C(F)(F)F)c2)c1C)C(C)C. The molecule has 2 rings (SSSR count). The van der Waals surface area contributed by atoms with Crippen LogP contribution in [0.1, 0.15) is 43.3 Å². The predicted molar refractivity (Wildman–Crippen MR) is 107 cm³/mol. The van der Waals surface area contributed by atoms with Gasteiger partial charge in [0, 0.05) is 30.4 Å². The first-order chi connectivity index (χ1) is 13.5. The van der Waals surface area contributed by atoms with Crippen molar-refractivity contribution in [2.24, 2.45) is 0 Å². The van der Waals surface area contributed by atoms with Crippen LogP contribution in [0.15, 0.2) is 24.3 Å². The zero-order chi connectivity index (χ0) is 21.8. The van der Waals surface area contributed by atoms with E-state index in [2.05, 4.69) is 36.1 Å². The van der Waals surface area contributed by atoms with Crippen molar-refractivity contribution in [3.05, 3.63) is 46.8 Å². The fourth-order valence-corrected chi connectivity index (χ4v) is 3.34. The third kappa shape index (κ3) is 5.82. The number of hydrogen-bond donors (Lipinski definition) is 1. The van der Waals surface area contributed by atoms with Gasteiger partial charge < -0.3 is 5.32 Å². The molecule has 0 saturated heterocycles. The van der Waals surface area contributed by atoms with Gasteiger partial charge in [0.25, 0.3) is 0 Å². The zero-order valence-electron chi connectivity index (χ0n) is 17.6. The molecule has 1 aromatic heterocycles. The number of nitrogens with zero attached hydrogens (tertiary/aromatic N) is 3. The van der Waals surface area contributed by atoms with E-state index < -0.39 is 11.7 Å². The van der Waals surface area contributed by atoms with Gasteiger partial charge in [0.15, 0.2) is 0 Å². The van der Waals surface area contributed by atoms with Crippen LogP contribution in [0.25, 0.3) is 5.69 Å². The van der Waals surface area contributed by atoms with E-state index in [-0.39, 0.29) is 12.3 Å². The highest BCUT2D eigenvalue weighted by Crippen LogP contribution is 2.30. The van der Waals surface area contributed by atoms with Crippen molar-refractivity contribution < 1.29 is 18.0 Å². The molecule has 0 unspecified atom stereocenters. The van der Waals surface area contributed by atoms with Gasteiger partial charge in [0.05, 0.1) is 23.4 Å². The molecule has 0 aliphatic heterocycles. The molecule has 0 spiro atoms. The standard InChI is InChI=1S/C21H29F3N4O/c1-6-27(14(2)3)11-10-25-20(29)13-19-15(4)26-28(16(19)5)18-9-7-8-17(12-18)21(22,23)24/h7-9,12,14H,6,10-11,13H2,1-5H3,(H,25,29). The third-order valence-corrected chi connectivity index (χ3v) is 5.05. The zero-order valence-corrected chi connectivity index (χ0v) is 17.6. The number of carbonyl (C=O) groups is 1. The molecule has 160 valence electrons. The minimum Gasteiger partial charge on any atom is -0.355 e. The fraction of sp³-hybridized carbons (Fsp3) is 0.524. The Morgan fingerprint density at radius 2 is 1.97 bits per heavy atom. The third-order valence-electron chi connectivity index (χ3n) is 5.05. The second-order valence-corrected chi connectivity index (χ2v) is 7.36. The van der Waals surface area contributed by atoms with Crippen LogP contribution in [-0.4, -0.2) is 46.3 Å². The Hall–Kier alpha value is -2.35. The molecule has 29 heavy (non-hydrogen) atoms. The minimum atomic E-state index is -4.42. The molecule has 0 aliphatic carbocycles. The molecule has 2 aromatic rings. The summed E-state index contributed by atoms with van der Waals surface area (Å²) in [5, 5.41) is 7.28. The van der Waals surface area contributed by atoms with Crippen molar-refractivity contribution in [3.63, 3.8) is 0 Å². The summed E-state index contributed by atoms with van der Waals surface area (Å²) in [7, 11) is 0. The lowest BCUT2D eigenvalue weighted by molar-refractivity contribution is -0.137. The van der Waals surface area contributed by atoms with Crippen LogP contribution >= 0.6 is 0 Å². The van der Waals surface area contributed by atoms with Crippen LogP contribution in [0.2, 0.25) is 0 Å². The van der Waals surface area contributed by atoms with Gasteiger partial charge in [-0.25, -0.2) is 4.68 Å². The van der Waals surface area contributed by atoms with E-state index in [1.54, 1.807) is 19.9 Å². The van der Waals surface area contributed by atoms with Crippen molar-refractivity contribution in [3.8, 4) is 5.69 Å². The normalized spacial score (nSPS) is 12.1. The van der Waals surface area contributed by atoms with E-state index in [0.29, 0.717) is 29.7 Å². The summed E-state index contributed by atoms with van der Waals surface area (Å²) in [4.78, 5) is 14.6. The molecule has 1 aromatic carbocycles. The van der Waals surface area contributed by atoms with Gasteiger partial charge in [-0.1, -0.05) is 13.0 Å². The number of rotatable bonds is 8. The quantitative estimate of drug-likeness (QED) is 0.718. The molecule has 1 N–H and O–H groups in total. The average Bonchev–Trinajstić information content (AvgIpc) is 2.92. The second-order valence-electron chi connectivity index (χ2n) is 7.36. The molecule has 1 amide bonds. The van der Waals surface area contributed by atoms with E-state index in [4.69, 9.17) is 0 Å². The monoisotopic (exact) mass is 410 g/mol. The van der Waals surface area contributed by atoms with Gasteiger partial charge in [-0.3, -0.25) is 9.69 Å². The number of hydrogen-bond acceptors (Lipinski definition) is 3. The van der Waals surface area contributed by atoms with Gasteiger partial charge >= 0.3 is 6.18 Å². The number of aryl methyl sites for hydroxylation is 1. The number of alkyl halides is 3. The number of nitrogens with one attached hydrogen (secondary N) is 1. The first-order valence-electron chi connectivity index (χ1n) is 9.78. The van der Waals surface area contributed by atoms with Crippen molar-refractivity contribution in [2.75, 3.05) is 19.6 Å². The summed E-state index contributed by atoms with van der Waals surface area (Å²) in [5.74, 6) is -0.125. The highest BCUT2D eigenvalue weighted by molar-refractivity contribution is 5.79. The van der Waals surface area contributed by atoms with Crippen LogP contribution < -0.4 is 5.32 Å².